The van der Waals surface area contributed by atoms with Crippen LogP contribution in [0.25, 0.3) is 11.0 Å². The van der Waals surface area contributed by atoms with E-state index in [2.05, 4.69) is 39.8 Å². The summed E-state index contributed by atoms with van der Waals surface area (Å²) in [6.07, 6.45) is 0. The highest BCUT2D eigenvalue weighted by Crippen LogP contribution is 2.35. The average Bonchev–Trinajstić information content (AvgIpc) is 2.58. The van der Waals surface area contributed by atoms with Crippen molar-refractivity contribution in [3.8, 4) is 0 Å². The van der Waals surface area contributed by atoms with Crippen molar-refractivity contribution < 1.29 is 4.42 Å². The van der Waals surface area contributed by atoms with Crippen molar-refractivity contribution in [1.82, 2.24) is 0 Å². The molecule has 0 saturated heterocycles. The Kier molecular flexibility index (Phi) is 3.00. The third-order valence-corrected chi connectivity index (χ3v) is 3.38. The summed E-state index contributed by atoms with van der Waals surface area (Å²) in [5, 5.41) is 1.26. The number of hydrogen-bond acceptors (Lipinski definition) is 2. The number of nitrogens with two attached hydrogens (primary N) is 1. The topological polar surface area (TPSA) is 39.2 Å². The smallest absolute Gasteiger partial charge is 0.137 e. The minimum Gasteiger partial charge on any atom is -0.459 e. The second-order valence-electron chi connectivity index (χ2n) is 5.21. The molecular formula is C15H21NO. The van der Waals surface area contributed by atoms with Crippen LogP contribution in [0.4, 0.5) is 0 Å². The van der Waals surface area contributed by atoms with Gasteiger partial charge in [0.2, 0.25) is 0 Å². The molecule has 0 radical (unpaired) electrons. The largest absolute Gasteiger partial charge is 0.459 e. The van der Waals surface area contributed by atoms with Gasteiger partial charge in [0.1, 0.15) is 11.3 Å². The molecule has 1 aromatic carbocycles. The van der Waals surface area contributed by atoms with Gasteiger partial charge in [-0.2, -0.15) is 0 Å². The Morgan fingerprint density at radius 3 is 2.29 bits per heavy atom. The molecule has 0 fully saturated rings. The van der Waals surface area contributed by atoms with Crippen molar-refractivity contribution in [2.24, 2.45) is 5.73 Å². The van der Waals surface area contributed by atoms with Crippen molar-refractivity contribution >= 4 is 11.0 Å². The summed E-state index contributed by atoms with van der Waals surface area (Å²) in [6.45, 7) is 10.6. The molecule has 2 N–H and O–H groups in total. The van der Waals surface area contributed by atoms with Crippen molar-refractivity contribution in [2.75, 3.05) is 0 Å². The second-order valence-corrected chi connectivity index (χ2v) is 5.21. The summed E-state index contributed by atoms with van der Waals surface area (Å²) < 4.78 is 5.96. The minimum absolute atomic E-state index is 0.0539. The molecule has 1 atom stereocenters. The standard InChI is InChI=1S/C15H21NO/c1-8(2)12-7-6-9(3)14-13(12)10(4)15(17-14)11(5)16/h6-8,11H,16H2,1-5H3. The average molecular weight is 231 g/mol. The van der Waals surface area contributed by atoms with E-state index in [1.165, 1.54) is 22.1 Å². The summed E-state index contributed by atoms with van der Waals surface area (Å²) in [7, 11) is 0. The third-order valence-electron chi connectivity index (χ3n) is 3.38. The first kappa shape index (κ1) is 12.2. The highest BCUT2D eigenvalue weighted by molar-refractivity contribution is 5.88. The van der Waals surface area contributed by atoms with Crippen LogP contribution in [-0.4, -0.2) is 0 Å². The van der Waals surface area contributed by atoms with Gasteiger partial charge in [0, 0.05) is 10.9 Å². The van der Waals surface area contributed by atoms with Gasteiger partial charge in [0.05, 0.1) is 6.04 Å². The fourth-order valence-corrected chi connectivity index (χ4v) is 2.45. The van der Waals surface area contributed by atoms with Crippen LogP contribution in [-0.2, 0) is 0 Å². The molecule has 1 heterocycles. The van der Waals surface area contributed by atoms with E-state index >= 15 is 0 Å². The van der Waals surface area contributed by atoms with Crippen molar-refractivity contribution in [3.63, 3.8) is 0 Å². The van der Waals surface area contributed by atoms with Crippen LogP contribution >= 0.6 is 0 Å². The van der Waals surface area contributed by atoms with Gasteiger partial charge in [-0.05, 0) is 37.8 Å². The molecule has 0 saturated carbocycles. The summed E-state index contributed by atoms with van der Waals surface area (Å²) in [5.74, 6) is 1.41. The van der Waals surface area contributed by atoms with E-state index in [1.807, 2.05) is 6.92 Å². The Morgan fingerprint density at radius 1 is 1.12 bits per heavy atom. The van der Waals surface area contributed by atoms with Gasteiger partial charge in [-0.1, -0.05) is 26.0 Å². The molecule has 1 aromatic heterocycles. The van der Waals surface area contributed by atoms with E-state index < -0.39 is 0 Å². The highest BCUT2D eigenvalue weighted by Gasteiger charge is 2.18. The molecule has 0 bridgehead atoms. The molecule has 0 aliphatic rings. The molecule has 0 amide bonds. The maximum atomic E-state index is 5.96. The van der Waals surface area contributed by atoms with Crippen molar-refractivity contribution in [1.29, 1.82) is 0 Å². The number of fused-ring (bicyclic) bond motifs is 1. The molecule has 1 unspecified atom stereocenters. The van der Waals surface area contributed by atoms with Crippen LogP contribution < -0.4 is 5.73 Å². The molecule has 92 valence electrons. The van der Waals surface area contributed by atoms with Crippen LogP contribution in [0.2, 0.25) is 0 Å². The van der Waals surface area contributed by atoms with Crippen molar-refractivity contribution in [2.45, 2.75) is 46.6 Å². The zero-order valence-corrected chi connectivity index (χ0v) is 11.3. The van der Waals surface area contributed by atoms with Gasteiger partial charge < -0.3 is 10.2 Å². The molecule has 2 rings (SSSR count). The van der Waals surface area contributed by atoms with Crippen LogP contribution in [0.1, 0.15) is 55.2 Å². The molecule has 0 spiro atoms. The summed E-state index contributed by atoms with van der Waals surface area (Å²) in [5.41, 5.74) is 10.7. The predicted molar refractivity (Wildman–Crippen MR) is 72.4 cm³/mol. The highest BCUT2D eigenvalue weighted by atomic mass is 16.3. The first-order valence-corrected chi connectivity index (χ1v) is 6.21. The van der Waals surface area contributed by atoms with E-state index in [9.17, 15) is 0 Å². The molecule has 2 heteroatoms. The number of aryl methyl sites for hydroxylation is 2. The fourth-order valence-electron chi connectivity index (χ4n) is 2.45. The van der Waals surface area contributed by atoms with Gasteiger partial charge >= 0.3 is 0 Å². The Bertz CT molecular complexity index is 550. The van der Waals surface area contributed by atoms with Crippen LogP contribution in [0.15, 0.2) is 16.5 Å². The van der Waals surface area contributed by atoms with Gasteiger partial charge in [-0.3, -0.25) is 0 Å². The number of hydrogen-bond donors (Lipinski definition) is 1. The van der Waals surface area contributed by atoms with Gasteiger partial charge in [-0.25, -0.2) is 0 Å². The van der Waals surface area contributed by atoms with Crippen LogP contribution in [0.5, 0.6) is 0 Å². The Labute approximate surface area is 103 Å². The zero-order chi connectivity index (χ0) is 12.7. The fraction of sp³-hybridized carbons (Fsp3) is 0.467. The Hall–Kier alpha value is -1.28. The number of furan rings is 1. The van der Waals surface area contributed by atoms with Gasteiger partial charge in [0.25, 0.3) is 0 Å². The summed E-state index contributed by atoms with van der Waals surface area (Å²) >= 11 is 0. The summed E-state index contributed by atoms with van der Waals surface area (Å²) in [4.78, 5) is 0. The quantitative estimate of drug-likeness (QED) is 0.841. The maximum absolute atomic E-state index is 5.96. The minimum atomic E-state index is -0.0539. The zero-order valence-electron chi connectivity index (χ0n) is 11.3. The van der Waals surface area contributed by atoms with Crippen LogP contribution in [0.3, 0.4) is 0 Å². The number of rotatable bonds is 2. The number of benzene rings is 1. The monoisotopic (exact) mass is 231 g/mol. The Balaban J connectivity index is 2.85. The predicted octanol–water partition coefficient (Wildman–Crippen LogP) is 4.19. The molecule has 2 aromatic rings. The van der Waals surface area contributed by atoms with E-state index in [4.69, 9.17) is 10.2 Å². The molecule has 2 nitrogen and oxygen atoms in total. The van der Waals surface area contributed by atoms with E-state index in [1.54, 1.807) is 0 Å². The lowest BCUT2D eigenvalue weighted by atomic mass is 9.94. The van der Waals surface area contributed by atoms with E-state index in [0.29, 0.717) is 5.92 Å². The summed E-state index contributed by atoms with van der Waals surface area (Å²) in [6, 6.07) is 4.28. The first-order valence-electron chi connectivity index (χ1n) is 6.21. The maximum Gasteiger partial charge on any atom is 0.137 e. The van der Waals surface area contributed by atoms with Crippen LogP contribution in [0, 0.1) is 13.8 Å². The van der Waals surface area contributed by atoms with Crippen molar-refractivity contribution in [3.05, 3.63) is 34.6 Å². The lowest BCUT2D eigenvalue weighted by molar-refractivity contribution is 0.507. The van der Waals surface area contributed by atoms with Gasteiger partial charge in [0.15, 0.2) is 0 Å². The van der Waals surface area contributed by atoms with Gasteiger partial charge in [-0.15, -0.1) is 0 Å². The molecule has 0 aliphatic heterocycles. The normalized spacial score (nSPS) is 13.6. The SMILES string of the molecule is Cc1ccc(C(C)C)c2c(C)c(C(C)N)oc12. The van der Waals surface area contributed by atoms with E-state index in [0.717, 1.165) is 11.3 Å². The van der Waals surface area contributed by atoms with E-state index in [-0.39, 0.29) is 6.04 Å². The molecule has 17 heavy (non-hydrogen) atoms. The molecular weight excluding hydrogens is 210 g/mol. The lowest BCUT2D eigenvalue weighted by Crippen LogP contribution is -2.04. The molecule has 0 aliphatic carbocycles. The second kappa shape index (κ2) is 4.19. The lowest BCUT2D eigenvalue weighted by Gasteiger charge is -2.08. The third kappa shape index (κ3) is 1.87. The Morgan fingerprint density at radius 2 is 1.76 bits per heavy atom. The first-order chi connectivity index (χ1) is 7.93.